The number of benzene rings is 1. The number of ether oxygens (including phenoxy) is 1. The van der Waals surface area contributed by atoms with Gasteiger partial charge in [0, 0.05) is 25.1 Å². The summed E-state index contributed by atoms with van der Waals surface area (Å²) >= 11 is 5.99. The van der Waals surface area contributed by atoms with Gasteiger partial charge in [-0.25, -0.2) is 18.2 Å². The Morgan fingerprint density at radius 2 is 2.04 bits per heavy atom. The number of sulfone groups is 1. The third kappa shape index (κ3) is 4.84. The van der Waals surface area contributed by atoms with Crippen LogP contribution in [0.5, 0.6) is 5.88 Å². The van der Waals surface area contributed by atoms with E-state index in [9.17, 15) is 13.2 Å². The van der Waals surface area contributed by atoms with Crippen molar-refractivity contribution >= 4 is 33.2 Å². The fourth-order valence-electron chi connectivity index (χ4n) is 1.85. The van der Waals surface area contributed by atoms with Gasteiger partial charge in [-0.1, -0.05) is 11.6 Å². The molecule has 1 aromatic carbocycles. The molecular weight excluding hydrogens is 354 g/mol. The van der Waals surface area contributed by atoms with E-state index in [-0.39, 0.29) is 22.2 Å². The summed E-state index contributed by atoms with van der Waals surface area (Å²) in [5, 5.41) is 5.41. The molecule has 0 aliphatic carbocycles. The van der Waals surface area contributed by atoms with Crippen LogP contribution in [0, 0.1) is 0 Å². The molecule has 0 spiro atoms. The van der Waals surface area contributed by atoms with Gasteiger partial charge < -0.3 is 15.4 Å². The van der Waals surface area contributed by atoms with Crippen molar-refractivity contribution in [2.45, 2.75) is 11.4 Å². The highest BCUT2D eigenvalue weighted by atomic mass is 35.5. The molecule has 2 rings (SSSR count). The highest BCUT2D eigenvalue weighted by molar-refractivity contribution is 7.90. The maximum absolute atomic E-state index is 12.0. The minimum Gasteiger partial charge on any atom is -0.481 e. The molecule has 0 fully saturated rings. The molecule has 0 aliphatic heterocycles. The summed E-state index contributed by atoms with van der Waals surface area (Å²) in [7, 11) is -1.89. The second kappa shape index (κ2) is 7.50. The van der Waals surface area contributed by atoms with Crippen LogP contribution in [0.15, 0.2) is 41.4 Å². The number of amides is 2. The molecule has 0 bridgehead atoms. The Morgan fingerprint density at radius 3 is 2.71 bits per heavy atom. The van der Waals surface area contributed by atoms with Crippen LogP contribution in [0.4, 0.5) is 10.5 Å². The molecule has 0 radical (unpaired) electrons. The molecule has 2 N–H and O–H groups in total. The van der Waals surface area contributed by atoms with Crippen molar-refractivity contribution < 1.29 is 17.9 Å². The Labute approximate surface area is 144 Å². The Hall–Kier alpha value is -2.32. The molecule has 128 valence electrons. The summed E-state index contributed by atoms with van der Waals surface area (Å²) in [6.07, 6.45) is 2.65. The molecule has 0 atom stereocenters. The highest BCUT2D eigenvalue weighted by Gasteiger charge is 2.12. The SMILES string of the molecule is COc1cc(CNC(=O)Nc2cc(S(C)(=O)=O)ccc2Cl)ccn1. The predicted molar refractivity (Wildman–Crippen MR) is 91.2 cm³/mol. The first-order valence-corrected chi connectivity index (χ1v) is 9.10. The number of carbonyl (C=O) groups excluding carboxylic acids is 1. The third-order valence-electron chi connectivity index (χ3n) is 3.08. The van der Waals surface area contributed by atoms with E-state index in [2.05, 4.69) is 15.6 Å². The lowest BCUT2D eigenvalue weighted by molar-refractivity contribution is 0.251. The molecule has 2 aromatic rings. The molecule has 24 heavy (non-hydrogen) atoms. The lowest BCUT2D eigenvalue weighted by atomic mass is 10.2. The van der Waals surface area contributed by atoms with Crippen molar-refractivity contribution in [3.63, 3.8) is 0 Å². The van der Waals surface area contributed by atoms with Gasteiger partial charge in [0.05, 0.1) is 22.7 Å². The maximum Gasteiger partial charge on any atom is 0.319 e. The molecule has 0 aliphatic rings. The molecule has 7 nitrogen and oxygen atoms in total. The number of pyridine rings is 1. The van der Waals surface area contributed by atoms with Crippen molar-refractivity contribution in [1.29, 1.82) is 0 Å². The van der Waals surface area contributed by atoms with Crippen molar-refractivity contribution in [3.05, 3.63) is 47.1 Å². The largest absolute Gasteiger partial charge is 0.481 e. The minimum absolute atomic E-state index is 0.0704. The number of halogens is 1. The molecule has 0 unspecified atom stereocenters. The number of hydrogen-bond acceptors (Lipinski definition) is 5. The zero-order chi connectivity index (χ0) is 17.7. The predicted octanol–water partition coefficient (Wildman–Crippen LogP) is 2.47. The van der Waals surface area contributed by atoms with Crippen LogP contribution in [-0.4, -0.2) is 32.8 Å². The Kier molecular flexibility index (Phi) is 5.63. The van der Waals surface area contributed by atoms with Gasteiger partial charge >= 0.3 is 6.03 Å². The highest BCUT2D eigenvalue weighted by Crippen LogP contribution is 2.25. The second-order valence-corrected chi connectivity index (χ2v) is 7.35. The van der Waals surface area contributed by atoms with Crippen LogP contribution in [-0.2, 0) is 16.4 Å². The van der Waals surface area contributed by atoms with E-state index < -0.39 is 15.9 Å². The zero-order valence-corrected chi connectivity index (χ0v) is 14.6. The number of nitrogens with one attached hydrogen (secondary N) is 2. The van der Waals surface area contributed by atoms with Crippen LogP contribution in [0.1, 0.15) is 5.56 Å². The van der Waals surface area contributed by atoms with E-state index in [1.807, 2.05) is 0 Å². The molecule has 9 heteroatoms. The van der Waals surface area contributed by atoms with Crippen molar-refractivity contribution in [2.75, 3.05) is 18.7 Å². The van der Waals surface area contributed by atoms with Crippen LogP contribution < -0.4 is 15.4 Å². The van der Waals surface area contributed by atoms with E-state index in [1.165, 1.54) is 25.3 Å². The number of hydrogen-bond donors (Lipinski definition) is 2. The van der Waals surface area contributed by atoms with Gasteiger partial charge in [-0.15, -0.1) is 0 Å². The number of urea groups is 1. The topological polar surface area (TPSA) is 97.4 Å². The summed E-state index contributed by atoms with van der Waals surface area (Å²) in [4.78, 5) is 16.0. The van der Waals surface area contributed by atoms with Crippen LogP contribution in [0.25, 0.3) is 0 Å². The average Bonchev–Trinajstić information content (AvgIpc) is 2.54. The first-order valence-electron chi connectivity index (χ1n) is 6.83. The van der Waals surface area contributed by atoms with Gasteiger partial charge in [-0.3, -0.25) is 0 Å². The number of anilines is 1. The van der Waals surface area contributed by atoms with Crippen molar-refractivity contribution in [1.82, 2.24) is 10.3 Å². The van der Waals surface area contributed by atoms with Gasteiger partial charge in [-0.2, -0.15) is 0 Å². The monoisotopic (exact) mass is 369 g/mol. The van der Waals surface area contributed by atoms with E-state index in [0.29, 0.717) is 5.88 Å². The summed E-state index contributed by atoms with van der Waals surface area (Å²) in [6.45, 7) is 0.244. The van der Waals surface area contributed by atoms with E-state index in [1.54, 1.807) is 18.3 Å². The van der Waals surface area contributed by atoms with Crippen LogP contribution >= 0.6 is 11.6 Å². The summed E-state index contributed by atoms with van der Waals surface area (Å²) in [6, 6.07) is 7.02. The lowest BCUT2D eigenvalue weighted by Crippen LogP contribution is -2.28. The molecular formula is C15H16ClN3O4S. The van der Waals surface area contributed by atoms with Crippen LogP contribution in [0.2, 0.25) is 5.02 Å². The number of carbonyl (C=O) groups is 1. The van der Waals surface area contributed by atoms with Gasteiger partial charge in [0.2, 0.25) is 5.88 Å². The standard InChI is InChI=1S/C15H16ClN3O4S/c1-23-14-7-10(5-6-17-14)9-18-15(20)19-13-8-11(24(2,21)22)3-4-12(13)16/h3-8H,9H2,1-2H3,(H2,18,19,20). The summed E-state index contributed by atoms with van der Waals surface area (Å²) in [5.41, 5.74) is 1.01. The van der Waals surface area contributed by atoms with Gasteiger partial charge in [0.15, 0.2) is 9.84 Å². The van der Waals surface area contributed by atoms with Gasteiger partial charge in [0.1, 0.15) is 0 Å². The number of methoxy groups -OCH3 is 1. The maximum atomic E-state index is 12.0. The van der Waals surface area contributed by atoms with E-state index in [4.69, 9.17) is 16.3 Å². The molecule has 1 heterocycles. The first kappa shape index (κ1) is 18.0. The summed E-state index contributed by atoms with van der Waals surface area (Å²) in [5.74, 6) is 0.443. The van der Waals surface area contributed by atoms with Gasteiger partial charge in [-0.05, 0) is 29.8 Å². The second-order valence-electron chi connectivity index (χ2n) is 4.93. The first-order chi connectivity index (χ1) is 11.3. The number of nitrogens with zero attached hydrogens (tertiary/aromatic N) is 1. The quantitative estimate of drug-likeness (QED) is 0.843. The minimum atomic E-state index is -3.39. The third-order valence-corrected chi connectivity index (χ3v) is 4.52. The smallest absolute Gasteiger partial charge is 0.319 e. The van der Waals surface area contributed by atoms with Crippen molar-refractivity contribution in [2.24, 2.45) is 0 Å². The zero-order valence-electron chi connectivity index (χ0n) is 13.0. The molecule has 0 saturated heterocycles. The van der Waals surface area contributed by atoms with E-state index in [0.717, 1.165) is 11.8 Å². The molecule has 0 saturated carbocycles. The normalized spacial score (nSPS) is 11.0. The fraction of sp³-hybridized carbons (Fsp3) is 0.200. The summed E-state index contributed by atoms with van der Waals surface area (Å²) < 4.78 is 28.1. The van der Waals surface area contributed by atoms with Crippen LogP contribution in [0.3, 0.4) is 0 Å². The Bertz CT molecular complexity index is 856. The fourth-order valence-corrected chi connectivity index (χ4v) is 2.66. The van der Waals surface area contributed by atoms with Gasteiger partial charge in [0.25, 0.3) is 0 Å². The number of rotatable bonds is 5. The Balaban J connectivity index is 2.04. The molecule has 2 amide bonds. The average molecular weight is 370 g/mol. The number of aromatic nitrogens is 1. The van der Waals surface area contributed by atoms with E-state index >= 15 is 0 Å². The lowest BCUT2D eigenvalue weighted by Gasteiger charge is -2.10. The molecule has 1 aromatic heterocycles. The van der Waals surface area contributed by atoms with Crippen molar-refractivity contribution in [3.8, 4) is 5.88 Å². The Morgan fingerprint density at radius 1 is 1.29 bits per heavy atom.